The van der Waals surface area contributed by atoms with Gasteiger partial charge in [0.15, 0.2) is 6.10 Å². The summed E-state index contributed by atoms with van der Waals surface area (Å²) in [5, 5.41) is 3.00. The number of amides is 1. The Balaban J connectivity index is 2.78. The van der Waals surface area contributed by atoms with Gasteiger partial charge >= 0.3 is 0 Å². The predicted molar refractivity (Wildman–Crippen MR) is 86.4 cm³/mol. The highest BCUT2D eigenvalue weighted by Crippen LogP contribution is 2.26. The molecule has 0 fully saturated rings. The van der Waals surface area contributed by atoms with Crippen molar-refractivity contribution in [2.45, 2.75) is 65.6 Å². The molecule has 0 heterocycles. The van der Waals surface area contributed by atoms with Gasteiger partial charge in [-0.05, 0) is 39.7 Å². The number of ether oxygens (including phenoxy) is 1. The number of hydrogen-bond acceptors (Lipinski definition) is 3. The van der Waals surface area contributed by atoms with Crippen LogP contribution in [-0.4, -0.2) is 18.1 Å². The lowest BCUT2D eigenvalue weighted by atomic mass is 10.0. The molecule has 0 saturated heterocycles. The number of nitrogens with one attached hydrogen (secondary N) is 1. The first-order chi connectivity index (χ1) is 9.88. The van der Waals surface area contributed by atoms with Crippen molar-refractivity contribution in [2.24, 2.45) is 5.73 Å². The third kappa shape index (κ3) is 5.05. The van der Waals surface area contributed by atoms with Gasteiger partial charge in [0.25, 0.3) is 5.91 Å². The minimum Gasteiger partial charge on any atom is -0.481 e. The van der Waals surface area contributed by atoms with Crippen molar-refractivity contribution in [1.82, 2.24) is 5.32 Å². The summed E-state index contributed by atoms with van der Waals surface area (Å²) < 4.78 is 5.82. The van der Waals surface area contributed by atoms with E-state index in [1.807, 2.05) is 32.0 Å². The quantitative estimate of drug-likeness (QED) is 0.811. The van der Waals surface area contributed by atoms with Crippen LogP contribution in [0.2, 0.25) is 0 Å². The molecule has 3 N–H and O–H groups in total. The highest BCUT2D eigenvalue weighted by molar-refractivity contribution is 5.81. The molecule has 21 heavy (non-hydrogen) atoms. The van der Waals surface area contributed by atoms with Crippen LogP contribution in [0.3, 0.4) is 0 Å². The Morgan fingerprint density at radius 3 is 2.43 bits per heavy atom. The van der Waals surface area contributed by atoms with Gasteiger partial charge in [-0.3, -0.25) is 4.79 Å². The first-order valence-electron chi connectivity index (χ1n) is 7.72. The van der Waals surface area contributed by atoms with E-state index in [1.54, 1.807) is 6.92 Å². The Kier molecular flexibility index (Phi) is 6.69. The van der Waals surface area contributed by atoms with Gasteiger partial charge in [-0.15, -0.1) is 0 Å². The zero-order valence-corrected chi connectivity index (χ0v) is 13.8. The summed E-state index contributed by atoms with van der Waals surface area (Å²) in [6.45, 7) is 9.82. The van der Waals surface area contributed by atoms with Crippen LogP contribution in [0.25, 0.3) is 0 Å². The fraction of sp³-hybridized carbons (Fsp3) is 0.588. The third-order valence-electron chi connectivity index (χ3n) is 3.66. The summed E-state index contributed by atoms with van der Waals surface area (Å²) >= 11 is 0. The van der Waals surface area contributed by atoms with Crippen molar-refractivity contribution in [3.8, 4) is 5.75 Å². The van der Waals surface area contributed by atoms with Crippen molar-refractivity contribution < 1.29 is 9.53 Å². The lowest BCUT2D eigenvalue weighted by Crippen LogP contribution is -2.42. The molecule has 4 nitrogen and oxygen atoms in total. The maximum Gasteiger partial charge on any atom is 0.260 e. The topological polar surface area (TPSA) is 64.3 Å². The number of hydrogen-bond donors (Lipinski definition) is 2. The van der Waals surface area contributed by atoms with E-state index in [0.717, 1.165) is 24.0 Å². The van der Waals surface area contributed by atoms with Crippen molar-refractivity contribution in [2.75, 3.05) is 0 Å². The molecular formula is C17H28N2O2. The second-order valence-electron chi connectivity index (χ2n) is 5.61. The molecule has 0 radical (unpaired) electrons. The largest absolute Gasteiger partial charge is 0.481 e. The molecule has 0 bridgehead atoms. The van der Waals surface area contributed by atoms with E-state index in [1.165, 1.54) is 0 Å². The highest BCUT2D eigenvalue weighted by Gasteiger charge is 2.19. The van der Waals surface area contributed by atoms with Gasteiger partial charge in [0.1, 0.15) is 5.75 Å². The summed E-state index contributed by atoms with van der Waals surface area (Å²) in [5.74, 6) is 0.600. The molecule has 0 aliphatic rings. The van der Waals surface area contributed by atoms with Crippen molar-refractivity contribution >= 4 is 5.91 Å². The second kappa shape index (κ2) is 8.03. The van der Waals surface area contributed by atoms with Gasteiger partial charge < -0.3 is 15.8 Å². The van der Waals surface area contributed by atoms with E-state index >= 15 is 0 Å². The van der Waals surface area contributed by atoms with Crippen LogP contribution in [0.4, 0.5) is 0 Å². The minimum atomic E-state index is -0.536. The second-order valence-corrected chi connectivity index (χ2v) is 5.61. The summed E-state index contributed by atoms with van der Waals surface area (Å²) in [7, 11) is 0. The first-order valence-corrected chi connectivity index (χ1v) is 7.72. The molecule has 4 heteroatoms. The standard InChI is InChI=1S/C17H28N2O2/c1-6-14(7-2)19-17(20)13(5)21-16-9-8-11(3)10-15(16)12(4)18/h8-10,12-14H,6-7,18H2,1-5H3,(H,19,20)/t12-,13?/m1/s1. The average molecular weight is 292 g/mol. The zero-order chi connectivity index (χ0) is 16.0. The lowest BCUT2D eigenvalue weighted by Gasteiger charge is -2.21. The van der Waals surface area contributed by atoms with Crippen molar-refractivity contribution in [3.63, 3.8) is 0 Å². The normalized spacial score (nSPS) is 13.9. The molecule has 0 spiro atoms. The predicted octanol–water partition coefficient (Wildman–Crippen LogP) is 3.09. The molecule has 0 aliphatic carbocycles. The number of rotatable bonds is 7. The summed E-state index contributed by atoms with van der Waals surface area (Å²) in [4.78, 5) is 12.2. The van der Waals surface area contributed by atoms with E-state index in [-0.39, 0.29) is 18.0 Å². The van der Waals surface area contributed by atoms with Crippen LogP contribution in [-0.2, 0) is 4.79 Å². The van der Waals surface area contributed by atoms with E-state index in [9.17, 15) is 4.79 Å². The number of nitrogens with two attached hydrogens (primary N) is 1. The van der Waals surface area contributed by atoms with Gasteiger partial charge in [-0.25, -0.2) is 0 Å². The van der Waals surface area contributed by atoms with Crippen LogP contribution in [0.15, 0.2) is 18.2 Å². The van der Waals surface area contributed by atoms with Crippen molar-refractivity contribution in [1.29, 1.82) is 0 Å². The van der Waals surface area contributed by atoms with E-state index in [0.29, 0.717) is 5.75 Å². The Bertz CT molecular complexity index is 468. The Morgan fingerprint density at radius 2 is 1.90 bits per heavy atom. The van der Waals surface area contributed by atoms with Crippen molar-refractivity contribution in [3.05, 3.63) is 29.3 Å². The van der Waals surface area contributed by atoms with Crippen LogP contribution >= 0.6 is 0 Å². The van der Waals surface area contributed by atoms with Crippen LogP contribution in [0.1, 0.15) is 57.7 Å². The summed E-state index contributed by atoms with van der Waals surface area (Å²) in [6, 6.07) is 5.93. The molecule has 0 aromatic heterocycles. The lowest BCUT2D eigenvalue weighted by molar-refractivity contribution is -0.128. The van der Waals surface area contributed by atoms with E-state index < -0.39 is 6.10 Å². The molecule has 1 rings (SSSR count). The molecule has 0 saturated carbocycles. The zero-order valence-electron chi connectivity index (χ0n) is 13.8. The molecule has 118 valence electrons. The van der Waals surface area contributed by atoms with Crippen LogP contribution in [0.5, 0.6) is 5.75 Å². The molecule has 1 unspecified atom stereocenters. The fourth-order valence-corrected chi connectivity index (χ4v) is 2.19. The minimum absolute atomic E-state index is 0.0834. The smallest absolute Gasteiger partial charge is 0.260 e. The Labute approximate surface area is 128 Å². The van der Waals surface area contributed by atoms with Gasteiger partial charge in [-0.1, -0.05) is 31.5 Å². The van der Waals surface area contributed by atoms with Crippen LogP contribution < -0.4 is 15.8 Å². The monoisotopic (exact) mass is 292 g/mol. The number of carbonyl (C=O) groups excluding carboxylic acids is 1. The molecule has 1 aromatic carbocycles. The first kappa shape index (κ1) is 17.5. The maximum absolute atomic E-state index is 12.2. The molecule has 1 amide bonds. The third-order valence-corrected chi connectivity index (χ3v) is 3.66. The Morgan fingerprint density at radius 1 is 1.29 bits per heavy atom. The average Bonchev–Trinajstić information content (AvgIpc) is 2.45. The Hall–Kier alpha value is -1.55. The van der Waals surface area contributed by atoms with Gasteiger partial charge in [0, 0.05) is 17.6 Å². The van der Waals surface area contributed by atoms with Gasteiger partial charge in [0.2, 0.25) is 0 Å². The molecule has 0 aliphatic heterocycles. The molecular weight excluding hydrogens is 264 g/mol. The number of carbonyl (C=O) groups is 1. The number of benzene rings is 1. The van der Waals surface area contributed by atoms with Gasteiger partial charge in [-0.2, -0.15) is 0 Å². The summed E-state index contributed by atoms with van der Waals surface area (Å²) in [5.41, 5.74) is 8.03. The van der Waals surface area contributed by atoms with E-state index in [2.05, 4.69) is 19.2 Å². The SMILES string of the molecule is CCC(CC)NC(=O)C(C)Oc1ccc(C)cc1[C@@H](C)N. The number of aryl methyl sites for hydroxylation is 1. The van der Waals surface area contributed by atoms with E-state index in [4.69, 9.17) is 10.5 Å². The van der Waals surface area contributed by atoms with Crippen LogP contribution in [0, 0.1) is 6.92 Å². The maximum atomic E-state index is 12.2. The molecule has 2 atom stereocenters. The fourth-order valence-electron chi connectivity index (χ4n) is 2.19. The van der Waals surface area contributed by atoms with Gasteiger partial charge in [0.05, 0.1) is 0 Å². The summed E-state index contributed by atoms with van der Waals surface area (Å²) in [6.07, 6.45) is 1.31. The highest BCUT2D eigenvalue weighted by atomic mass is 16.5. The molecule has 1 aromatic rings.